The van der Waals surface area contributed by atoms with E-state index in [1.165, 1.54) is 0 Å². The van der Waals surface area contributed by atoms with Crippen LogP contribution in [-0.2, 0) is 0 Å². The molecule has 5 heteroatoms. The van der Waals surface area contributed by atoms with Crippen molar-refractivity contribution < 1.29 is 9.53 Å². The zero-order valence-electron chi connectivity index (χ0n) is 13.1. The lowest BCUT2D eigenvalue weighted by atomic mass is 10.2. The van der Waals surface area contributed by atoms with Crippen LogP contribution >= 0.6 is 0 Å². The Morgan fingerprint density at radius 2 is 2.04 bits per heavy atom. The summed E-state index contributed by atoms with van der Waals surface area (Å²) in [5.74, 6) is 0.698. The van der Waals surface area contributed by atoms with E-state index in [-0.39, 0.29) is 5.91 Å². The van der Waals surface area contributed by atoms with Crippen molar-refractivity contribution in [2.24, 2.45) is 0 Å². The highest BCUT2D eigenvalue weighted by Crippen LogP contribution is 2.32. The molecule has 3 aromatic rings. The van der Waals surface area contributed by atoms with E-state index in [0.717, 1.165) is 28.3 Å². The maximum absolute atomic E-state index is 13.2. The fourth-order valence-corrected chi connectivity index (χ4v) is 3.03. The molecule has 3 heterocycles. The van der Waals surface area contributed by atoms with Crippen LogP contribution in [0.1, 0.15) is 21.7 Å². The van der Waals surface area contributed by atoms with Gasteiger partial charge in [0, 0.05) is 6.20 Å². The number of aromatic nitrogens is 2. The van der Waals surface area contributed by atoms with E-state index in [4.69, 9.17) is 4.74 Å². The summed E-state index contributed by atoms with van der Waals surface area (Å²) in [5.41, 5.74) is 4.08. The first kappa shape index (κ1) is 13.8. The van der Waals surface area contributed by atoms with Gasteiger partial charge in [0.25, 0.3) is 5.91 Å². The topological polar surface area (TPSA) is 46.8 Å². The second-order valence-corrected chi connectivity index (χ2v) is 5.75. The molecule has 0 spiro atoms. The third kappa shape index (κ3) is 2.16. The molecule has 1 aromatic carbocycles. The SMILES string of the molecule is Cc1ccn2c(C(=O)N3CCOc4ccccc43)c(C)nc2c1. The number of carbonyl (C=O) groups excluding carboxylic acids is 1. The van der Waals surface area contributed by atoms with E-state index < -0.39 is 0 Å². The number of hydrogen-bond acceptors (Lipinski definition) is 3. The molecule has 1 amide bonds. The number of pyridine rings is 1. The van der Waals surface area contributed by atoms with Crippen LogP contribution in [0.2, 0.25) is 0 Å². The van der Waals surface area contributed by atoms with Gasteiger partial charge in [-0.25, -0.2) is 4.98 Å². The Labute approximate surface area is 134 Å². The lowest BCUT2D eigenvalue weighted by molar-refractivity contribution is 0.0970. The van der Waals surface area contributed by atoms with E-state index in [0.29, 0.717) is 18.8 Å². The number of aryl methyl sites for hydroxylation is 2. The second kappa shape index (κ2) is 5.12. The molecular formula is C18H17N3O2. The highest BCUT2D eigenvalue weighted by atomic mass is 16.5. The molecule has 1 aliphatic heterocycles. The molecule has 0 unspecified atom stereocenters. The van der Waals surface area contributed by atoms with Crippen molar-refractivity contribution in [1.82, 2.24) is 9.38 Å². The zero-order chi connectivity index (χ0) is 16.0. The molecule has 23 heavy (non-hydrogen) atoms. The number of anilines is 1. The van der Waals surface area contributed by atoms with Crippen molar-refractivity contribution in [2.45, 2.75) is 13.8 Å². The number of carbonyl (C=O) groups is 1. The molecule has 1 aliphatic rings. The van der Waals surface area contributed by atoms with Gasteiger partial charge in [0.1, 0.15) is 23.7 Å². The number of fused-ring (bicyclic) bond motifs is 2. The Bertz CT molecular complexity index is 914. The normalized spacial score (nSPS) is 13.7. The minimum Gasteiger partial charge on any atom is -0.490 e. The minimum atomic E-state index is -0.0467. The van der Waals surface area contributed by atoms with E-state index in [1.807, 2.05) is 60.8 Å². The summed E-state index contributed by atoms with van der Waals surface area (Å²) >= 11 is 0. The maximum atomic E-state index is 13.2. The Morgan fingerprint density at radius 1 is 1.22 bits per heavy atom. The standard InChI is InChI=1S/C18H17N3O2/c1-12-7-8-21-16(11-12)19-13(2)17(21)18(22)20-9-10-23-15-6-4-3-5-14(15)20/h3-8,11H,9-10H2,1-2H3. The van der Waals surface area contributed by atoms with Gasteiger partial charge < -0.3 is 9.64 Å². The average molecular weight is 307 g/mol. The summed E-state index contributed by atoms with van der Waals surface area (Å²) in [7, 11) is 0. The molecule has 0 bridgehead atoms. The monoisotopic (exact) mass is 307 g/mol. The van der Waals surface area contributed by atoms with Gasteiger partial charge >= 0.3 is 0 Å². The third-order valence-electron chi connectivity index (χ3n) is 4.13. The van der Waals surface area contributed by atoms with Crippen molar-refractivity contribution in [3.8, 4) is 5.75 Å². The Kier molecular flexibility index (Phi) is 3.08. The average Bonchev–Trinajstić information content (AvgIpc) is 2.88. The summed E-state index contributed by atoms with van der Waals surface area (Å²) < 4.78 is 7.50. The molecule has 0 N–H and O–H groups in total. The summed E-state index contributed by atoms with van der Waals surface area (Å²) in [6, 6.07) is 11.6. The fraction of sp³-hybridized carbons (Fsp3) is 0.222. The lowest BCUT2D eigenvalue weighted by Crippen LogP contribution is -2.38. The van der Waals surface area contributed by atoms with Gasteiger partial charge in [-0.15, -0.1) is 0 Å². The van der Waals surface area contributed by atoms with Crippen LogP contribution in [0.4, 0.5) is 5.69 Å². The van der Waals surface area contributed by atoms with Crippen LogP contribution in [0.3, 0.4) is 0 Å². The minimum absolute atomic E-state index is 0.0467. The van der Waals surface area contributed by atoms with Crippen LogP contribution in [0.15, 0.2) is 42.6 Å². The highest BCUT2D eigenvalue weighted by Gasteiger charge is 2.28. The predicted octanol–water partition coefficient (Wildman–Crippen LogP) is 2.99. The molecule has 116 valence electrons. The van der Waals surface area contributed by atoms with E-state index in [9.17, 15) is 4.79 Å². The van der Waals surface area contributed by atoms with Crippen LogP contribution in [0.5, 0.6) is 5.75 Å². The van der Waals surface area contributed by atoms with Crippen molar-refractivity contribution >= 4 is 17.2 Å². The quantitative estimate of drug-likeness (QED) is 0.694. The van der Waals surface area contributed by atoms with Gasteiger partial charge in [-0.3, -0.25) is 9.20 Å². The molecule has 5 nitrogen and oxygen atoms in total. The molecule has 0 radical (unpaired) electrons. The van der Waals surface area contributed by atoms with Crippen LogP contribution in [-0.4, -0.2) is 28.4 Å². The van der Waals surface area contributed by atoms with Gasteiger partial charge in [0.05, 0.1) is 17.9 Å². The van der Waals surface area contributed by atoms with Gasteiger partial charge in [0.15, 0.2) is 0 Å². The Hall–Kier alpha value is -2.82. The number of para-hydroxylation sites is 2. The number of benzene rings is 1. The molecule has 0 aliphatic carbocycles. The number of hydrogen-bond donors (Lipinski definition) is 0. The van der Waals surface area contributed by atoms with Crippen molar-refractivity contribution in [3.63, 3.8) is 0 Å². The number of imidazole rings is 1. The highest BCUT2D eigenvalue weighted by molar-refractivity contribution is 6.07. The Morgan fingerprint density at radius 3 is 2.91 bits per heavy atom. The largest absolute Gasteiger partial charge is 0.490 e. The van der Waals surface area contributed by atoms with Crippen molar-refractivity contribution in [2.75, 3.05) is 18.1 Å². The van der Waals surface area contributed by atoms with E-state index >= 15 is 0 Å². The van der Waals surface area contributed by atoms with E-state index in [2.05, 4.69) is 4.98 Å². The fourth-order valence-electron chi connectivity index (χ4n) is 3.03. The van der Waals surface area contributed by atoms with Crippen molar-refractivity contribution in [1.29, 1.82) is 0 Å². The van der Waals surface area contributed by atoms with Crippen LogP contribution < -0.4 is 9.64 Å². The summed E-state index contributed by atoms with van der Waals surface area (Å²) in [4.78, 5) is 19.5. The second-order valence-electron chi connectivity index (χ2n) is 5.75. The number of ether oxygens (including phenoxy) is 1. The van der Waals surface area contributed by atoms with Gasteiger partial charge in [-0.2, -0.15) is 0 Å². The zero-order valence-corrected chi connectivity index (χ0v) is 13.1. The smallest absolute Gasteiger partial charge is 0.277 e. The van der Waals surface area contributed by atoms with Gasteiger partial charge in [-0.05, 0) is 43.7 Å². The first-order valence-electron chi connectivity index (χ1n) is 7.64. The lowest BCUT2D eigenvalue weighted by Gasteiger charge is -2.29. The van der Waals surface area contributed by atoms with Crippen molar-refractivity contribution in [3.05, 3.63) is 59.5 Å². The third-order valence-corrected chi connectivity index (χ3v) is 4.13. The summed E-state index contributed by atoms with van der Waals surface area (Å²) in [5, 5.41) is 0. The molecule has 0 saturated carbocycles. The predicted molar refractivity (Wildman–Crippen MR) is 88.3 cm³/mol. The van der Waals surface area contributed by atoms with Gasteiger partial charge in [-0.1, -0.05) is 12.1 Å². The molecule has 2 aromatic heterocycles. The maximum Gasteiger partial charge on any atom is 0.277 e. The molecule has 0 fully saturated rings. The molecule has 0 saturated heterocycles. The summed E-state index contributed by atoms with van der Waals surface area (Å²) in [6.45, 7) is 4.93. The molecular weight excluding hydrogens is 290 g/mol. The van der Waals surface area contributed by atoms with Gasteiger partial charge in [0.2, 0.25) is 0 Å². The summed E-state index contributed by atoms with van der Waals surface area (Å²) in [6.07, 6.45) is 1.91. The molecule has 4 rings (SSSR count). The van der Waals surface area contributed by atoms with E-state index in [1.54, 1.807) is 4.90 Å². The van der Waals surface area contributed by atoms with Crippen LogP contribution in [0, 0.1) is 13.8 Å². The number of rotatable bonds is 1. The molecule has 0 atom stereocenters. The number of nitrogens with zero attached hydrogens (tertiary/aromatic N) is 3. The first-order valence-corrected chi connectivity index (χ1v) is 7.64. The van der Waals surface area contributed by atoms with Crippen LogP contribution in [0.25, 0.3) is 5.65 Å². The number of amides is 1. The first-order chi connectivity index (χ1) is 11.1. The Balaban J connectivity index is 1.83.